The number of aliphatic hydroxyl groups is 3. The van der Waals surface area contributed by atoms with E-state index in [2.05, 4.69) is 68.8 Å². The van der Waals surface area contributed by atoms with Crippen LogP contribution in [0.4, 0.5) is 15.3 Å². The summed E-state index contributed by atoms with van der Waals surface area (Å²) in [5, 5.41) is 63.9. The lowest BCUT2D eigenvalue weighted by atomic mass is 9.90. The Balaban J connectivity index is 1.08. The molecule has 22 N–H and O–H groups in total. The molecule has 8 rings (SSSR count). The number of amides is 14. The van der Waals surface area contributed by atoms with E-state index in [0.717, 1.165) is 17.7 Å². The highest BCUT2D eigenvalue weighted by Gasteiger charge is 2.49. The Morgan fingerprint density at radius 3 is 2.17 bits per heavy atom. The first kappa shape index (κ1) is 86.7. The number of alkyl carbamates (subject to hydrolysis) is 1. The minimum Gasteiger partial charge on any atom is -0.610 e. The number of primary amides is 2. The number of hydrogen-bond donors (Lipinski definition) is 19. The molecular weight excluding hydrogens is 1440 g/mol. The van der Waals surface area contributed by atoms with Gasteiger partial charge in [-0.2, -0.15) is 0 Å². The van der Waals surface area contributed by atoms with Crippen LogP contribution in [0.25, 0.3) is 10.9 Å². The Bertz CT molecular complexity index is 3750. The molecule has 1 aromatic heterocycles. The summed E-state index contributed by atoms with van der Waals surface area (Å²) in [4.78, 5) is 199. The summed E-state index contributed by atoms with van der Waals surface area (Å²) in [6.45, 7) is 5.60. The number of Topliss-reactive ketones (excluding diaryl/α,β-unsaturated/α-hetero) is 1. The molecule has 5 aliphatic heterocycles. The molecule has 2 unspecified atom stereocenters. The molecule has 3 aromatic rings. The largest absolute Gasteiger partial charge is 0.610 e. The highest BCUT2D eigenvalue weighted by molar-refractivity contribution is 7.91. The van der Waals surface area contributed by atoms with Crippen molar-refractivity contribution in [3.8, 4) is 0 Å². The van der Waals surface area contributed by atoms with Gasteiger partial charge in [-0.1, -0.05) is 84.6 Å². The second-order valence-electron chi connectivity index (χ2n) is 28.2. The van der Waals surface area contributed by atoms with Gasteiger partial charge in [0.1, 0.15) is 48.6 Å². The molecule has 5 aliphatic rings. The number of H-pyrrole nitrogens is 1. The topological polar surface area (TPSA) is 583 Å². The average molecular weight is 1550 g/mol. The van der Waals surface area contributed by atoms with Crippen molar-refractivity contribution in [3.63, 3.8) is 0 Å². The zero-order chi connectivity index (χ0) is 79.8. The van der Waals surface area contributed by atoms with Crippen molar-refractivity contribution >= 4 is 111 Å². The fourth-order valence-corrected chi connectivity index (χ4v) is 14.5. The SMILES string of the molecule is CC[C@@H](C)[C@@H]1NC2(OCCCCCCNC(=O)OCc3ccc(NC(=O)[C@@H](CCCNC(N)=O)NC(=O)[C@H](NC(=O)CCCCCN)C(C)C)cc3)C(=O)CNC(=O)[C@H]3Cc4c([nH]c5cc2ccc45)[S+]([O-])C[C@@H](NC(=O)CNC1=O)C(=O)N[C@@H](CC(N)=O)C(=O)N1C[C@H](O)C[C@H]1C(=O)N[C@@H]([C@@H](C)[C@H](O)CO)C(=O)N3. The number of anilines is 1. The minimum atomic E-state index is -2.45. The second-order valence-corrected chi connectivity index (χ2v) is 29.6. The van der Waals surface area contributed by atoms with Crippen LogP contribution < -0.4 is 81.0 Å². The molecule has 8 bridgehead atoms. The van der Waals surface area contributed by atoms with Crippen molar-refractivity contribution in [1.82, 2.24) is 68.4 Å². The van der Waals surface area contributed by atoms with Crippen LogP contribution in [0.15, 0.2) is 47.5 Å². The Morgan fingerprint density at radius 1 is 0.771 bits per heavy atom. The third kappa shape index (κ3) is 24.2. The first-order valence-corrected chi connectivity index (χ1v) is 38.1. The maximum absolute atomic E-state index is 15.5. The number of carbonyl (C=O) groups is 14. The molecule has 1 fully saturated rings. The standard InChI is InChI=1S/C71H105N17O20S/c1-6-38(4)58-64(100)78-32-56(95)80-50-36-109(106)67-45-29-48(82-66(102)59(39(5)52(91)34-89)86-63(99)51-28-43(90)33-88(51)68(103)49(30-54(73)93)83-62(50)98)60(96)77-31-53(92)71(87-58,41-19-22-44(45)47(27-41)84-67)108-26-13-8-7-12-24-76-70(105)107-35-40-17-20-42(21-18-40)79-61(97)46(15-14-25-75-69(74)104)81-65(101)57(37(2)3)85-55(94)16-10-9-11-23-72/h17-22,27,37-39,43,46,48-52,57-59,84,87,89-91H,6-16,23-26,28-36,72H2,1-5H3,(H2,73,93)(H,76,105)(H,77,96)(H,78,100)(H,79,97)(H,80,95)(H,81,101)(H,82,102)(H,83,98)(H,85,94)(H,86,99)(H3,74,75,104)/t38-,39+,43-,46-,48-,49+,50-,51+,52-,57-,58+,59+,71?,109?/m1/s1. The zero-order valence-corrected chi connectivity index (χ0v) is 62.7. The van der Waals surface area contributed by atoms with Crippen molar-refractivity contribution in [3.05, 3.63) is 59.2 Å². The van der Waals surface area contributed by atoms with Gasteiger partial charge in [0.15, 0.2) is 6.04 Å². The van der Waals surface area contributed by atoms with Crippen LogP contribution in [0, 0.1) is 17.8 Å². The lowest BCUT2D eigenvalue weighted by Gasteiger charge is -2.39. The number of hydrogen-bond acceptors (Lipinski definition) is 22. The number of nitrogens with one attached hydrogen (secondary N) is 13. The Kier molecular flexibility index (Phi) is 32.8. The van der Waals surface area contributed by atoms with Crippen LogP contribution in [-0.4, -0.2) is 231 Å². The maximum Gasteiger partial charge on any atom is 0.407 e. The summed E-state index contributed by atoms with van der Waals surface area (Å²) in [7, 11) is 0. The molecular formula is C71H105N17O20S. The van der Waals surface area contributed by atoms with Gasteiger partial charge >= 0.3 is 12.1 Å². The lowest BCUT2D eigenvalue weighted by molar-refractivity contribution is -0.157. The average Bonchev–Trinajstić information content (AvgIpc) is 1.67. The molecule has 0 aliphatic carbocycles. The Morgan fingerprint density at radius 2 is 1.48 bits per heavy atom. The minimum absolute atomic E-state index is 0.0860. The van der Waals surface area contributed by atoms with Crippen molar-refractivity contribution in [2.24, 2.45) is 35.0 Å². The number of urea groups is 1. The van der Waals surface area contributed by atoms with E-state index < -0.39 is 218 Å². The van der Waals surface area contributed by atoms with E-state index in [1.807, 2.05) is 0 Å². The van der Waals surface area contributed by atoms with Crippen molar-refractivity contribution in [1.29, 1.82) is 0 Å². The zero-order valence-electron chi connectivity index (χ0n) is 61.9. The number of rotatable bonds is 32. The first-order valence-electron chi connectivity index (χ1n) is 36.8. The van der Waals surface area contributed by atoms with Gasteiger partial charge in [-0.3, -0.25) is 62.9 Å². The van der Waals surface area contributed by atoms with Crippen molar-refractivity contribution in [2.45, 2.75) is 202 Å². The number of aromatic amines is 1. The number of carbonyl (C=O) groups excluding carboxylic acids is 14. The number of nitrogens with two attached hydrogens (primary N) is 3. The molecule has 0 radical (unpaired) electrons. The highest BCUT2D eigenvalue weighted by Crippen LogP contribution is 2.36. The van der Waals surface area contributed by atoms with Crippen LogP contribution in [-0.2, 0) is 96.9 Å². The fraction of sp³-hybridized carbons (Fsp3) is 0.606. The normalized spacial score (nSPS) is 23.6. The molecule has 6 heterocycles. The van der Waals surface area contributed by atoms with Gasteiger partial charge < -0.3 is 115 Å². The number of ketones is 1. The first-order chi connectivity index (χ1) is 51.9. The molecule has 37 nitrogen and oxygen atoms in total. The van der Waals surface area contributed by atoms with Crippen LogP contribution >= 0.6 is 0 Å². The quantitative estimate of drug-likeness (QED) is 0.0214. The van der Waals surface area contributed by atoms with Crippen LogP contribution in [0.3, 0.4) is 0 Å². The summed E-state index contributed by atoms with van der Waals surface area (Å²) in [6.07, 6.45) is -1.02. The van der Waals surface area contributed by atoms with Gasteiger partial charge in [0, 0.05) is 84.8 Å². The molecule has 14 atom stereocenters. The predicted molar refractivity (Wildman–Crippen MR) is 393 cm³/mol. The number of unbranched alkanes of at least 4 members (excludes halogenated alkanes) is 5. The van der Waals surface area contributed by atoms with E-state index in [4.69, 9.17) is 26.7 Å². The number of fused-ring (bicyclic) bond motifs is 7. The molecule has 2 aromatic carbocycles. The number of nitrogens with zero attached hydrogens (tertiary/aromatic N) is 1. The van der Waals surface area contributed by atoms with E-state index in [-0.39, 0.29) is 90.9 Å². The van der Waals surface area contributed by atoms with Crippen LogP contribution in [0.5, 0.6) is 0 Å². The summed E-state index contributed by atoms with van der Waals surface area (Å²) >= 11 is -2.45. The van der Waals surface area contributed by atoms with Gasteiger partial charge in [0.05, 0.1) is 49.9 Å². The second kappa shape index (κ2) is 41.3. The number of aliphatic hydroxyl groups excluding tert-OH is 3. The monoisotopic (exact) mass is 1550 g/mol. The summed E-state index contributed by atoms with van der Waals surface area (Å²) in [5.74, 6) is -14.0. The van der Waals surface area contributed by atoms with Crippen LogP contribution in [0.1, 0.15) is 135 Å². The number of ether oxygens (including phenoxy) is 2. The third-order valence-electron chi connectivity index (χ3n) is 19.6. The van der Waals surface area contributed by atoms with E-state index >= 15 is 9.35 Å². The molecule has 0 spiro atoms. The highest BCUT2D eigenvalue weighted by atomic mass is 32.2. The van der Waals surface area contributed by atoms with Gasteiger partial charge in [0.25, 0.3) is 0 Å². The van der Waals surface area contributed by atoms with E-state index in [1.54, 1.807) is 52.0 Å². The molecule has 600 valence electrons. The van der Waals surface area contributed by atoms with Crippen LogP contribution in [0.2, 0.25) is 0 Å². The number of benzene rings is 2. The van der Waals surface area contributed by atoms with Gasteiger partial charge in [-0.25, -0.2) is 9.59 Å². The van der Waals surface area contributed by atoms with E-state index in [1.165, 1.54) is 25.1 Å². The third-order valence-corrected chi connectivity index (χ3v) is 21.1. The Labute approximate surface area is 633 Å². The molecule has 0 saturated carbocycles. The molecule has 109 heavy (non-hydrogen) atoms. The molecule has 1 saturated heterocycles. The fourth-order valence-electron chi connectivity index (χ4n) is 13.1. The lowest BCUT2D eigenvalue weighted by Crippen LogP contribution is -2.63. The van der Waals surface area contributed by atoms with Crippen molar-refractivity contribution < 1.29 is 96.5 Å². The van der Waals surface area contributed by atoms with Gasteiger partial charge in [-0.15, -0.1) is 0 Å². The van der Waals surface area contributed by atoms with Gasteiger partial charge in [0.2, 0.25) is 81.5 Å². The molecule has 14 amide bonds. The van der Waals surface area contributed by atoms with E-state index in [0.29, 0.717) is 49.9 Å². The summed E-state index contributed by atoms with van der Waals surface area (Å²) in [5.41, 5.74) is 15.3. The smallest absolute Gasteiger partial charge is 0.407 e. The maximum atomic E-state index is 15.5. The molecule has 38 heteroatoms. The predicted octanol–water partition coefficient (Wildman–Crippen LogP) is -3.38. The summed E-state index contributed by atoms with van der Waals surface area (Å²) < 4.78 is 27.4. The Hall–Kier alpha value is -9.57. The van der Waals surface area contributed by atoms with Gasteiger partial charge in [-0.05, 0) is 80.7 Å². The van der Waals surface area contributed by atoms with E-state index in [9.17, 15) is 77.6 Å². The number of aromatic nitrogens is 1. The summed E-state index contributed by atoms with van der Waals surface area (Å²) in [6, 6.07) is -2.10. The van der Waals surface area contributed by atoms with Crippen molar-refractivity contribution in [2.75, 3.05) is 63.6 Å².